The molecule has 0 bridgehead atoms. The molecule has 2 aromatic rings. The quantitative estimate of drug-likeness (QED) is 0.814. The average molecular weight is 394 g/mol. The lowest BCUT2D eigenvalue weighted by Gasteiger charge is -2.16. The van der Waals surface area contributed by atoms with E-state index in [0.717, 1.165) is 12.1 Å². The SMILES string of the molecule is O=C(O)[C@@H](NS(=O)(=O)c1ccc(Cl)c(C(F)(F)F)c1)c1ccccc1. The van der Waals surface area contributed by atoms with E-state index in [1.807, 2.05) is 4.72 Å². The summed E-state index contributed by atoms with van der Waals surface area (Å²) in [6, 6.07) is 7.72. The number of rotatable bonds is 5. The number of alkyl halides is 3. The van der Waals surface area contributed by atoms with E-state index in [2.05, 4.69) is 0 Å². The first-order valence-electron chi connectivity index (χ1n) is 6.69. The van der Waals surface area contributed by atoms with Crippen LogP contribution in [-0.2, 0) is 21.0 Å². The Labute approximate surface area is 146 Å². The highest BCUT2D eigenvalue weighted by molar-refractivity contribution is 7.89. The van der Waals surface area contributed by atoms with Crippen molar-refractivity contribution in [3.05, 3.63) is 64.7 Å². The van der Waals surface area contributed by atoms with Crippen LogP contribution < -0.4 is 4.72 Å². The van der Waals surface area contributed by atoms with E-state index in [1.165, 1.54) is 24.3 Å². The number of aliphatic carboxylic acids is 1. The Bertz CT molecular complexity index is 885. The van der Waals surface area contributed by atoms with E-state index in [0.29, 0.717) is 6.07 Å². The van der Waals surface area contributed by atoms with Gasteiger partial charge in [-0.15, -0.1) is 0 Å². The number of sulfonamides is 1. The number of halogens is 4. The van der Waals surface area contributed by atoms with Gasteiger partial charge in [0.05, 0.1) is 15.5 Å². The zero-order valence-corrected chi connectivity index (χ0v) is 13.9. The monoisotopic (exact) mass is 393 g/mol. The third kappa shape index (κ3) is 4.50. The first kappa shape index (κ1) is 19.2. The van der Waals surface area contributed by atoms with Crippen molar-refractivity contribution in [1.82, 2.24) is 4.72 Å². The van der Waals surface area contributed by atoms with Crippen molar-refractivity contribution in [2.45, 2.75) is 17.1 Å². The summed E-state index contributed by atoms with van der Waals surface area (Å²) >= 11 is 5.45. The lowest BCUT2D eigenvalue weighted by Crippen LogP contribution is -2.33. The fourth-order valence-corrected chi connectivity index (χ4v) is 3.45. The van der Waals surface area contributed by atoms with Gasteiger partial charge in [0, 0.05) is 0 Å². The minimum atomic E-state index is -4.85. The van der Waals surface area contributed by atoms with Gasteiger partial charge in [0.1, 0.15) is 6.04 Å². The summed E-state index contributed by atoms with van der Waals surface area (Å²) in [5.41, 5.74) is -1.20. The lowest BCUT2D eigenvalue weighted by atomic mass is 10.1. The summed E-state index contributed by atoms with van der Waals surface area (Å²) in [4.78, 5) is 10.6. The number of carbonyl (C=O) groups is 1. The van der Waals surface area contributed by atoms with Crippen molar-refractivity contribution in [3.63, 3.8) is 0 Å². The van der Waals surface area contributed by atoms with Crippen LogP contribution in [0, 0.1) is 0 Å². The molecule has 0 saturated carbocycles. The molecule has 10 heteroatoms. The van der Waals surface area contributed by atoms with E-state index in [1.54, 1.807) is 6.07 Å². The number of carboxylic acid groups (broad SMARTS) is 1. The standard InChI is InChI=1S/C15H11ClF3NO4S/c16-12-7-6-10(8-11(12)15(17,18)19)25(23,24)20-13(14(21)22)9-4-2-1-3-5-9/h1-8,13,20H,(H,21,22)/t13-/m0/s1. The van der Waals surface area contributed by atoms with E-state index in [9.17, 15) is 31.5 Å². The molecule has 1 atom stereocenters. The molecular formula is C15H11ClF3NO4S. The fourth-order valence-electron chi connectivity index (χ4n) is 2.02. The van der Waals surface area contributed by atoms with Crippen molar-refractivity contribution in [2.24, 2.45) is 0 Å². The third-order valence-electron chi connectivity index (χ3n) is 3.21. The van der Waals surface area contributed by atoms with Crippen molar-refractivity contribution >= 4 is 27.6 Å². The van der Waals surface area contributed by atoms with Crippen molar-refractivity contribution in [1.29, 1.82) is 0 Å². The molecular weight excluding hydrogens is 383 g/mol. The number of carboxylic acids is 1. The second-order valence-electron chi connectivity index (χ2n) is 4.94. The molecule has 0 spiro atoms. The van der Waals surface area contributed by atoms with Crippen LogP contribution in [0.3, 0.4) is 0 Å². The second kappa shape index (κ2) is 7.03. The van der Waals surface area contributed by atoms with Crippen molar-refractivity contribution < 1.29 is 31.5 Å². The Morgan fingerprint density at radius 1 is 1.12 bits per heavy atom. The molecule has 2 aromatic carbocycles. The normalized spacial score (nSPS) is 13.4. The first-order valence-corrected chi connectivity index (χ1v) is 8.55. The molecule has 2 rings (SSSR count). The van der Waals surface area contributed by atoms with Gasteiger partial charge in [0.25, 0.3) is 0 Å². The molecule has 0 aliphatic carbocycles. The maximum atomic E-state index is 12.9. The predicted molar refractivity (Wildman–Crippen MR) is 83.6 cm³/mol. The summed E-state index contributed by atoms with van der Waals surface area (Å²) in [6.07, 6.45) is -4.85. The number of hydrogen-bond donors (Lipinski definition) is 2. The van der Waals surface area contributed by atoms with Gasteiger partial charge in [-0.25, -0.2) is 8.42 Å². The summed E-state index contributed by atoms with van der Waals surface area (Å²) in [5, 5.41) is 8.57. The predicted octanol–water partition coefficient (Wildman–Crippen LogP) is 3.46. The summed E-state index contributed by atoms with van der Waals surface area (Å²) < 4.78 is 65.2. The van der Waals surface area contributed by atoms with Gasteiger partial charge in [-0.2, -0.15) is 17.9 Å². The third-order valence-corrected chi connectivity index (χ3v) is 4.96. The van der Waals surface area contributed by atoms with Crippen LogP contribution in [0.2, 0.25) is 5.02 Å². The lowest BCUT2D eigenvalue weighted by molar-refractivity contribution is -0.139. The Morgan fingerprint density at radius 2 is 1.72 bits per heavy atom. The molecule has 0 radical (unpaired) electrons. The van der Waals surface area contributed by atoms with Crippen LogP contribution in [0.4, 0.5) is 13.2 Å². The Balaban J connectivity index is 2.43. The topological polar surface area (TPSA) is 83.5 Å². The number of hydrogen-bond acceptors (Lipinski definition) is 3. The van der Waals surface area contributed by atoms with Gasteiger partial charge in [0.15, 0.2) is 0 Å². The number of benzene rings is 2. The fraction of sp³-hybridized carbons (Fsp3) is 0.133. The van der Waals surface area contributed by atoms with Crippen LogP contribution in [0.5, 0.6) is 0 Å². The summed E-state index contributed by atoms with van der Waals surface area (Å²) in [6.45, 7) is 0. The molecule has 0 saturated heterocycles. The molecule has 0 fully saturated rings. The Morgan fingerprint density at radius 3 is 2.24 bits per heavy atom. The van der Waals surface area contributed by atoms with E-state index >= 15 is 0 Å². The van der Waals surface area contributed by atoms with Gasteiger partial charge in [-0.05, 0) is 23.8 Å². The molecule has 0 aliphatic heterocycles. The van der Waals surface area contributed by atoms with Gasteiger partial charge < -0.3 is 5.11 Å². The van der Waals surface area contributed by atoms with Gasteiger partial charge in [-0.1, -0.05) is 41.9 Å². The van der Waals surface area contributed by atoms with Crippen molar-refractivity contribution in [3.8, 4) is 0 Å². The zero-order chi connectivity index (χ0) is 18.8. The van der Waals surface area contributed by atoms with Crippen LogP contribution in [-0.4, -0.2) is 19.5 Å². The molecule has 0 aliphatic rings. The summed E-state index contributed by atoms with van der Waals surface area (Å²) in [5.74, 6) is -1.50. The smallest absolute Gasteiger partial charge is 0.417 e. The van der Waals surface area contributed by atoms with Crippen LogP contribution in [0.15, 0.2) is 53.4 Å². The van der Waals surface area contributed by atoms with Gasteiger partial charge >= 0.3 is 12.1 Å². The maximum Gasteiger partial charge on any atom is 0.417 e. The largest absolute Gasteiger partial charge is 0.480 e. The first-order chi connectivity index (χ1) is 11.5. The Hall–Kier alpha value is -2.10. The van der Waals surface area contributed by atoms with E-state index < -0.39 is 43.7 Å². The molecule has 2 N–H and O–H groups in total. The van der Waals surface area contributed by atoms with Crippen LogP contribution in [0.25, 0.3) is 0 Å². The van der Waals surface area contributed by atoms with Gasteiger partial charge in [-0.3, -0.25) is 4.79 Å². The highest BCUT2D eigenvalue weighted by Crippen LogP contribution is 2.36. The summed E-state index contributed by atoms with van der Waals surface area (Å²) in [7, 11) is -4.54. The molecule has 0 amide bonds. The molecule has 0 heterocycles. The molecule has 5 nitrogen and oxygen atoms in total. The van der Waals surface area contributed by atoms with Crippen molar-refractivity contribution in [2.75, 3.05) is 0 Å². The molecule has 0 unspecified atom stereocenters. The van der Waals surface area contributed by atoms with Gasteiger partial charge in [0.2, 0.25) is 10.0 Å². The van der Waals surface area contributed by atoms with Crippen LogP contribution in [0.1, 0.15) is 17.2 Å². The molecule has 134 valence electrons. The van der Waals surface area contributed by atoms with E-state index in [-0.39, 0.29) is 5.56 Å². The van der Waals surface area contributed by atoms with E-state index in [4.69, 9.17) is 11.6 Å². The minimum Gasteiger partial charge on any atom is -0.480 e. The average Bonchev–Trinajstić information content (AvgIpc) is 2.52. The minimum absolute atomic E-state index is 0.128. The van der Waals surface area contributed by atoms with Crippen LogP contribution >= 0.6 is 11.6 Å². The Kier molecular flexibility index (Phi) is 5.40. The number of nitrogens with one attached hydrogen (secondary N) is 1. The maximum absolute atomic E-state index is 12.9. The second-order valence-corrected chi connectivity index (χ2v) is 7.06. The molecule has 25 heavy (non-hydrogen) atoms. The zero-order valence-electron chi connectivity index (χ0n) is 12.3. The highest BCUT2D eigenvalue weighted by atomic mass is 35.5. The highest BCUT2D eigenvalue weighted by Gasteiger charge is 2.35. The molecule has 0 aromatic heterocycles.